The summed E-state index contributed by atoms with van der Waals surface area (Å²) in [7, 11) is 0. The van der Waals surface area contributed by atoms with Gasteiger partial charge in [0.25, 0.3) is 0 Å². The number of hydrogen-bond acceptors (Lipinski definition) is 1. The zero-order chi connectivity index (χ0) is 26.6. The summed E-state index contributed by atoms with van der Waals surface area (Å²) in [4.78, 5) is 0. The molecule has 3 aromatic rings. The smallest absolute Gasteiger partial charge is 0.175 e. The predicted molar refractivity (Wildman–Crippen MR) is 150 cm³/mol. The molecule has 4 heteroatoms. The van der Waals surface area contributed by atoms with E-state index < -0.39 is 17.5 Å². The first-order chi connectivity index (χ1) is 18.5. The molecule has 3 aromatic carbocycles. The van der Waals surface area contributed by atoms with Crippen LogP contribution < -0.4 is 4.74 Å². The molecule has 0 atom stereocenters. The van der Waals surface area contributed by atoms with Crippen LogP contribution in [0.3, 0.4) is 0 Å². The van der Waals surface area contributed by atoms with E-state index >= 15 is 8.78 Å². The molecule has 0 amide bonds. The Morgan fingerprint density at radius 1 is 0.737 bits per heavy atom. The summed E-state index contributed by atoms with van der Waals surface area (Å²) in [6.45, 7) is 4.26. The van der Waals surface area contributed by atoms with E-state index in [0.717, 1.165) is 41.7 Å². The number of halogens is 3. The maximum absolute atomic E-state index is 15.5. The number of hydrogen-bond donors (Lipinski definition) is 0. The highest BCUT2D eigenvalue weighted by Crippen LogP contribution is 2.47. The Hall–Kier alpha value is -2.49. The van der Waals surface area contributed by atoms with Gasteiger partial charge in [0.1, 0.15) is 0 Å². The Morgan fingerprint density at radius 2 is 1.42 bits per heavy atom. The Balaban J connectivity index is 1.34. The van der Waals surface area contributed by atoms with Gasteiger partial charge in [0.2, 0.25) is 0 Å². The number of benzene rings is 3. The molecule has 0 unspecified atom stereocenters. The molecule has 2 aliphatic rings. The Kier molecular flexibility index (Phi) is 8.65. The maximum atomic E-state index is 15.5. The molecule has 2 saturated carbocycles. The normalized spacial score (nSPS) is 24.0. The van der Waals surface area contributed by atoms with E-state index in [9.17, 15) is 4.39 Å². The lowest BCUT2D eigenvalue weighted by atomic mass is 9.67. The van der Waals surface area contributed by atoms with Crippen molar-refractivity contribution >= 4 is 10.8 Å². The highest BCUT2D eigenvalue weighted by Gasteiger charge is 2.32. The van der Waals surface area contributed by atoms with Gasteiger partial charge in [-0.1, -0.05) is 69.4 Å². The quantitative estimate of drug-likeness (QED) is 0.286. The first-order valence-corrected chi connectivity index (χ1v) is 14.8. The molecule has 0 bridgehead atoms. The molecule has 0 saturated heterocycles. The molecule has 2 aliphatic carbocycles. The minimum absolute atomic E-state index is 0.0577. The van der Waals surface area contributed by atoms with Crippen molar-refractivity contribution in [1.82, 2.24) is 0 Å². The number of rotatable bonds is 8. The van der Waals surface area contributed by atoms with Gasteiger partial charge in [-0.15, -0.1) is 0 Å². The van der Waals surface area contributed by atoms with Crippen molar-refractivity contribution in [2.75, 3.05) is 6.61 Å². The number of fused-ring (bicyclic) bond motifs is 1. The van der Waals surface area contributed by atoms with Gasteiger partial charge >= 0.3 is 0 Å². The van der Waals surface area contributed by atoms with Crippen LogP contribution in [0.25, 0.3) is 21.9 Å². The lowest BCUT2D eigenvalue weighted by molar-refractivity contribution is 0.156. The average molecular weight is 523 g/mol. The standard InChI is InChI=1S/C34H41F3O/c1-3-5-8-22-11-13-23(14-12-22)24-15-17-25(18-16-24)27-9-6-7-10-28(27)29-21-26-19-20-30(38-4-2)33(36)31(26)34(37)32(29)35/h6-7,9-10,19-25H,3-5,8,11-18H2,1-2H3. The van der Waals surface area contributed by atoms with Gasteiger partial charge < -0.3 is 4.74 Å². The third kappa shape index (κ3) is 5.46. The van der Waals surface area contributed by atoms with E-state index in [1.807, 2.05) is 18.2 Å². The van der Waals surface area contributed by atoms with Gasteiger partial charge in [-0.25, -0.2) is 13.2 Å². The summed E-state index contributed by atoms with van der Waals surface area (Å²) in [6.07, 6.45) is 14.2. The highest BCUT2D eigenvalue weighted by molar-refractivity contribution is 5.90. The van der Waals surface area contributed by atoms with Crippen molar-refractivity contribution in [3.63, 3.8) is 0 Å². The second-order valence-corrected chi connectivity index (χ2v) is 11.6. The zero-order valence-electron chi connectivity index (χ0n) is 22.9. The molecular formula is C34H41F3O. The van der Waals surface area contributed by atoms with E-state index in [2.05, 4.69) is 13.0 Å². The topological polar surface area (TPSA) is 9.23 Å². The van der Waals surface area contributed by atoms with Crippen LogP contribution in [0.5, 0.6) is 5.75 Å². The first kappa shape index (κ1) is 27.1. The van der Waals surface area contributed by atoms with Gasteiger partial charge in [-0.05, 0) is 97.8 Å². The summed E-state index contributed by atoms with van der Waals surface area (Å²) >= 11 is 0. The van der Waals surface area contributed by atoms with Crippen LogP contribution in [-0.2, 0) is 0 Å². The van der Waals surface area contributed by atoms with Crippen molar-refractivity contribution < 1.29 is 17.9 Å². The Bertz CT molecular complexity index is 1240. The van der Waals surface area contributed by atoms with Gasteiger partial charge in [0.15, 0.2) is 23.2 Å². The van der Waals surface area contributed by atoms with Crippen LogP contribution in [0.15, 0.2) is 42.5 Å². The summed E-state index contributed by atoms with van der Waals surface area (Å²) in [5.41, 5.74) is 2.01. The van der Waals surface area contributed by atoms with Crippen LogP contribution in [0.2, 0.25) is 0 Å². The fraction of sp³-hybridized carbons (Fsp3) is 0.529. The van der Waals surface area contributed by atoms with Crippen molar-refractivity contribution in [3.05, 3.63) is 65.5 Å². The SMILES string of the molecule is CCCCC1CCC(C2CCC(c3ccccc3-c3cc4ccc(OCC)c(F)c4c(F)c3F)CC2)CC1. The van der Waals surface area contributed by atoms with Crippen molar-refractivity contribution in [1.29, 1.82) is 0 Å². The molecule has 204 valence electrons. The molecule has 0 radical (unpaired) electrons. The van der Waals surface area contributed by atoms with Gasteiger partial charge in [0.05, 0.1) is 12.0 Å². The van der Waals surface area contributed by atoms with E-state index in [4.69, 9.17) is 4.74 Å². The van der Waals surface area contributed by atoms with E-state index in [1.54, 1.807) is 19.1 Å². The zero-order valence-corrected chi connectivity index (χ0v) is 22.9. The molecule has 38 heavy (non-hydrogen) atoms. The van der Waals surface area contributed by atoms with Crippen LogP contribution in [0.4, 0.5) is 13.2 Å². The Labute approximate surface area is 225 Å². The Morgan fingerprint density at radius 3 is 2.11 bits per heavy atom. The molecule has 0 spiro atoms. The molecule has 5 rings (SSSR count). The summed E-state index contributed by atoms with van der Waals surface area (Å²) in [5.74, 6) is -0.133. The molecule has 0 aromatic heterocycles. The molecular weight excluding hydrogens is 481 g/mol. The minimum Gasteiger partial charge on any atom is -0.491 e. The van der Waals surface area contributed by atoms with E-state index in [1.165, 1.54) is 63.9 Å². The molecule has 0 heterocycles. The largest absolute Gasteiger partial charge is 0.491 e. The minimum atomic E-state index is -1.15. The summed E-state index contributed by atoms with van der Waals surface area (Å²) in [6, 6.07) is 12.5. The van der Waals surface area contributed by atoms with Crippen molar-refractivity contribution in [2.24, 2.45) is 17.8 Å². The van der Waals surface area contributed by atoms with E-state index in [-0.39, 0.29) is 23.3 Å². The lowest BCUT2D eigenvalue weighted by Gasteiger charge is -2.38. The van der Waals surface area contributed by atoms with Crippen LogP contribution in [0.1, 0.15) is 96.0 Å². The van der Waals surface area contributed by atoms with E-state index in [0.29, 0.717) is 11.3 Å². The molecule has 1 nitrogen and oxygen atoms in total. The fourth-order valence-corrected chi connectivity index (χ4v) is 7.27. The van der Waals surface area contributed by atoms with Crippen LogP contribution >= 0.6 is 0 Å². The monoisotopic (exact) mass is 522 g/mol. The molecule has 0 N–H and O–H groups in total. The number of ether oxygens (including phenoxy) is 1. The number of unbranched alkanes of at least 4 members (excludes halogenated alkanes) is 1. The van der Waals surface area contributed by atoms with Crippen molar-refractivity contribution in [3.8, 4) is 16.9 Å². The summed E-state index contributed by atoms with van der Waals surface area (Å²) < 4.78 is 51.0. The van der Waals surface area contributed by atoms with Gasteiger partial charge in [-0.2, -0.15) is 0 Å². The molecule has 0 aliphatic heterocycles. The highest BCUT2D eigenvalue weighted by atomic mass is 19.2. The second kappa shape index (κ2) is 12.1. The third-order valence-corrected chi connectivity index (χ3v) is 9.37. The first-order valence-electron chi connectivity index (χ1n) is 14.8. The maximum Gasteiger partial charge on any atom is 0.175 e. The van der Waals surface area contributed by atoms with Crippen LogP contribution in [-0.4, -0.2) is 6.61 Å². The average Bonchev–Trinajstić information content (AvgIpc) is 2.95. The second-order valence-electron chi connectivity index (χ2n) is 11.6. The molecule has 2 fully saturated rings. The summed E-state index contributed by atoms with van der Waals surface area (Å²) in [5, 5.41) is -0.00694. The van der Waals surface area contributed by atoms with Crippen LogP contribution in [0, 0.1) is 35.2 Å². The lowest BCUT2D eigenvalue weighted by Crippen LogP contribution is -2.25. The predicted octanol–water partition coefficient (Wildman–Crippen LogP) is 10.6. The fourth-order valence-electron chi connectivity index (χ4n) is 7.27. The third-order valence-electron chi connectivity index (χ3n) is 9.37. The van der Waals surface area contributed by atoms with Gasteiger partial charge in [-0.3, -0.25) is 0 Å². The van der Waals surface area contributed by atoms with Crippen molar-refractivity contribution in [2.45, 2.75) is 90.4 Å². The van der Waals surface area contributed by atoms with Gasteiger partial charge in [0, 0.05) is 5.56 Å².